The molecule has 1 fully saturated rings. The fraction of sp³-hybridized carbons (Fsp3) is 0.643. The molecule has 0 spiro atoms. The number of hydrogen-bond donors (Lipinski definition) is 2. The van der Waals surface area contributed by atoms with Crippen molar-refractivity contribution in [3.8, 4) is 5.75 Å². The molecule has 1 aromatic heterocycles. The number of hydrogen-bond acceptors (Lipinski definition) is 4. The summed E-state index contributed by atoms with van der Waals surface area (Å²) >= 11 is 0. The fourth-order valence-corrected chi connectivity index (χ4v) is 2.51. The monoisotopic (exact) mass is 249 g/mol. The Bertz CT molecular complexity index is 370. The van der Waals surface area contributed by atoms with E-state index >= 15 is 0 Å². The van der Waals surface area contributed by atoms with Gasteiger partial charge in [-0.05, 0) is 37.8 Å². The highest BCUT2D eigenvalue weighted by Crippen LogP contribution is 2.25. The van der Waals surface area contributed by atoms with Crippen LogP contribution in [0.25, 0.3) is 0 Å². The van der Waals surface area contributed by atoms with Gasteiger partial charge in [-0.25, -0.2) is 4.98 Å². The first kappa shape index (κ1) is 13.1. The number of anilines is 1. The van der Waals surface area contributed by atoms with E-state index < -0.39 is 0 Å². The van der Waals surface area contributed by atoms with Crippen LogP contribution < -0.4 is 15.8 Å². The second-order valence-corrected chi connectivity index (χ2v) is 4.87. The van der Waals surface area contributed by atoms with E-state index in [1.807, 2.05) is 19.1 Å². The molecule has 4 heteroatoms. The van der Waals surface area contributed by atoms with Crippen LogP contribution in [0.4, 0.5) is 5.82 Å². The first-order chi connectivity index (χ1) is 8.81. The van der Waals surface area contributed by atoms with Crippen LogP contribution in [-0.2, 0) is 0 Å². The minimum absolute atomic E-state index is 0.325. The van der Waals surface area contributed by atoms with E-state index in [0.717, 1.165) is 24.5 Å². The maximum atomic E-state index is 6.15. The lowest BCUT2D eigenvalue weighted by Crippen LogP contribution is -2.37. The Labute approximate surface area is 109 Å². The number of nitrogens with zero attached hydrogens (tertiary/aromatic N) is 1. The third kappa shape index (κ3) is 3.35. The van der Waals surface area contributed by atoms with Gasteiger partial charge in [0.2, 0.25) is 0 Å². The number of nitrogens with one attached hydrogen (secondary N) is 1. The summed E-state index contributed by atoms with van der Waals surface area (Å²) < 4.78 is 5.55. The van der Waals surface area contributed by atoms with E-state index in [9.17, 15) is 0 Å². The molecular formula is C14H23N3O. The van der Waals surface area contributed by atoms with Crippen LogP contribution in [-0.4, -0.2) is 24.2 Å². The molecule has 1 aromatic rings. The van der Waals surface area contributed by atoms with E-state index in [-0.39, 0.29) is 0 Å². The summed E-state index contributed by atoms with van der Waals surface area (Å²) in [6.45, 7) is 3.52. The van der Waals surface area contributed by atoms with Crippen LogP contribution in [0.1, 0.15) is 32.6 Å². The molecule has 100 valence electrons. The molecule has 1 aliphatic carbocycles. The second-order valence-electron chi connectivity index (χ2n) is 4.87. The molecule has 0 radical (unpaired) electrons. The van der Waals surface area contributed by atoms with Crippen molar-refractivity contribution in [2.75, 3.05) is 18.5 Å². The zero-order chi connectivity index (χ0) is 12.8. The molecule has 1 heterocycles. The summed E-state index contributed by atoms with van der Waals surface area (Å²) in [5, 5.41) is 3.38. The van der Waals surface area contributed by atoms with Crippen molar-refractivity contribution in [3.05, 3.63) is 18.3 Å². The third-order valence-electron chi connectivity index (χ3n) is 3.57. The average molecular weight is 249 g/mol. The average Bonchev–Trinajstić information content (AvgIpc) is 2.40. The highest BCUT2D eigenvalue weighted by molar-refractivity contribution is 5.49. The van der Waals surface area contributed by atoms with E-state index in [0.29, 0.717) is 18.6 Å². The topological polar surface area (TPSA) is 60.2 Å². The smallest absolute Gasteiger partial charge is 0.168 e. The quantitative estimate of drug-likeness (QED) is 0.841. The van der Waals surface area contributed by atoms with Crippen molar-refractivity contribution in [1.29, 1.82) is 0 Å². The molecule has 0 saturated heterocycles. The van der Waals surface area contributed by atoms with Crippen molar-refractivity contribution in [2.24, 2.45) is 11.7 Å². The molecule has 0 amide bonds. The predicted octanol–water partition coefficient (Wildman–Crippen LogP) is 2.41. The maximum Gasteiger partial charge on any atom is 0.168 e. The van der Waals surface area contributed by atoms with E-state index in [1.54, 1.807) is 6.20 Å². The van der Waals surface area contributed by atoms with Gasteiger partial charge in [-0.2, -0.15) is 0 Å². The standard InChI is InChI=1S/C14H23N3O/c1-2-18-13-8-5-9-16-14(13)17-10-11-6-3-4-7-12(11)15/h5,8-9,11-12H,2-4,6-7,10,15H2,1H3,(H,16,17). The highest BCUT2D eigenvalue weighted by Gasteiger charge is 2.21. The molecule has 0 aliphatic heterocycles. The summed E-state index contributed by atoms with van der Waals surface area (Å²) in [5.41, 5.74) is 6.15. The second kappa shape index (κ2) is 6.59. The van der Waals surface area contributed by atoms with Gasteiger partial charge in [0, 0.05) is 18.8 Å². The van der Waals surface area contributed by atoms with Crippen molar-refractivity contribution in [1.82, 2.24) is 4.98 Å². The molecule has 2 atom stereocenters. The molecule has 0 aromatic carbocycles. The Morgan fingerprint density at radius 2 is 2.28 bits per heavy atom. The lowest BCUT2D eigenvalue weighted by molar-refractivity contribution is 0.319. The van der Waals surface area contributed by atoms with Crippen molar-refractivity contribution in [3.63, 3.8) is 0 Å². The van der Waals surface area contributed by atoms with Crippen LogP contribution in [0, 0.1) is 5.92 Å². The Balaban J connectivity index is 1.92. The SMILES string of the molecule is CCOc1cccnc1NCC1CCCCC1N. The number of ether oxygens (including phenoxy) is 1. The van der Waals surface area contributed by atoms with Gasteiger partial charge >= 0.3 is 0 Å². The van der Waals surface area contributed by atoms with Crippen LogP contribution in [0.3, 0.4) is 0 Å². The Morgan fingerprint density at radius 1 is 1.44 bits per heavy atom. The summed E-state index contributed by atoms with van der Waals surface area (Å²) in [6, 6.07) is 4.16. The van der Waals surface area contributed by atoms with Crippen molar-refractivity contribution >= 4 is 5.82 Å². The zero-order valence-corrected chi connectivity index (χ0v) is 11.1. The van der Waals surface area contributed by atoms with Crippen molar-refractivity contribution < 1.29 is 4.74 Å². The minimum Gasteiger partial charge on any atom is -0.490 e. The lowest BCUT2D eigenvalue weighted by atomic mass is 9.85. The minimum atomic E-state index is 0.325. The first-order valence-electron chi connectivity index (χ1n) is 6.88. The van der Waals surface area contributed by atoms with Crippen LogP contribution >= 0.6 is 0 Å². The Morgan fingerprint density at radius 3 is 3.06 bits per heavy atom. The lowest BCUT2D eigenvalue weighted by Gasteiger charge is -2.28. The van der Waals surface area contributed by atoms with Crippen LogP contribution in [0.5, 0.6) is 5.75 Å². The Kier molecular flexibility index (Phi) is 4.81. The molecule has 4 nitrogen and oxygen atoms in total. The van der Waals surface area contributed by atoms with Crippen LogP contribution in [0.15, 0.2) is 18.3 Å². The maximum absolute atomic E-state index is 6.15. The van der Waals surface area contributed by atoms with Gasteiger partial charge in [0.1, 0.15) is 0 Å². The number of nitrogens with two attached hydrogens (primary N) is 1. The van der Waals surface area contributed by atoms with Gasteiger partial charge in [-0.15, -0.1) is 0 Å². The molecule has 1 saturated carbocycles. The van der Waals surface area contributed by atoms with Gasteiger partial charge in [-0.3, -0.25) is 0 Å². The Hall–Kier alpha value is -1.29. The van der Waals surface area contributed by atoms with E-state index in [1.165, 1.54) is 19.3 Å². The van der Waals surface area contributed by atoms with Gasteiger partial charge < -0.3 is 15.8 Å². The van der Waals surface area contributed by atoms with Gasteiger partial charge in [0.15, 0.2) is 11.6 Å². The number of rotatable bonds is 5. The number of aromatic nitrogens is 1. The molecular weight excluding hydrogens is 226 g/mol. The summed E-state index contributed by atoms with van der Waals surface area (Å²) in [5.74, 6) is 2.21. The molecule has 2 rings (SSSR count). The van der Waals surface area contributed by atoms with Gasteiger partial charge in [0.25, 0.3) is 0 Å². The van der Waals surface area contributed by atoms with E-state index in [4.69, 9.17) is 10.5 Å². The fourth-order valence-electron chi connectivity index (χ4n) is 2.51. The number of pyridine rings is 1. The molecule has 1 aliphatic rings. The molecule has 0 bridgehead atoms. The summed E-state index contributed by atoms with van der Waals surface area (Å²) in [4.78, 5) is 4.33. The van der Waals surface area contributed by atoms with Crippen LogP contribution in [0.2, 0.25) is 0 Å². The third-order valence-corrected chi connectivity index (χ3v) is 3.57. The highest BCUT2D eigenvalue weighted by atomic mass is 16.5. The predicted molar refractivity (Wildman–Crippen MR) is 73.8 cm³/mol. The summed E-state index contributed by atoms with van der Waals surface area (Å²) in [6.07, 6.45) is 6.70. The zero-order valence-electron chi connectivity index (χ0n) is 11.1. The normalized spacial score (nSPS) is 23.7. The summed E-state index contributed by atoms with van der Waals surface area (Å²) in [7, 11) is 0. The van der Waals surface area contributed by atoms with Gasteiger partial charge in [-0.1, -0.05) is 12.8 Å². The van der Waals surface area contributed by atoms with Gasteiger partial charge in [0.05, 0.1) is 6.61 Å². The molecule has 2 unspecified atom stereocenters. The first-order valence-corrected chi connectivity index (χ1v) is 6.88. The van der Waals surface area contributed by atoms with Crippen molar-refractivity contribution in [2.45, 2.75) is 38.6 Å². The molecule has 3 N–H and O–H groups in total. The largest absolute Gasteiger partial charge is 0.490 e. The van der Waals surface area contributed by atoms with E-state index in [2.05, 4.69) is 10.3 Å². The molecule has 18 heavy (non-hydrogen) atoms.